The van der Waals surface area contributed by atoms with Crippen LogP contribution in [0.4, 0.5) is 0 Å². The van der Waals surface area contributed by atoms with E-state index in [0.29, 0.717) is 11.7 Å². The van der Waals surface area contributed by atoms with E-state index in [9.17, 15) is 24.0 Å². The summed E-state index contributed by atoms with van der Waals surface area (Å²) in [6.07, 6.45) is 0.419. The molecule has 0 aliphatic heterocycles. The summed E-state index contributed by atoms with van der Waals surface area (Å²) in [5.41, 5.74) is -0.257. The Morgan fingerprint density at radius 1 is 0.788 bits per heavy atom. The summed E-state index contributed by atoms with van der Waals surface area (Å²) in [5, 5.41) is 18.8. The van der Waals surface area contributed by atoms with Crippen LogP contribution in [-0.4, -0.2) is 34.4 Å². The van der Waals surface area contributed by atoms with Crippen LogP contribution in [0.15, 0.2) is 45.6 Å². The lowest BCUT2D eigenvalue weighted by atomic mass is 10.2. The van der Waals surface area contributed by atoms with Crippen molar-refractivity contribution in [2.24, 2.45) is 0 Å². The van der Waals surface area contributed by atoms with E-state index in [0.717, 1.165) is 32.9 Å². The van der Waals surface area contributed by atoms with Gasteiger partial charge in [0.15, 0.2) is 29.3 Å². The Kier molecular flexibility index (Phi) is 7.88. The molecule has 3 aromatic rings. The molecule has 0 bridgehead atoms. The fraction of sp³-hybridized carbons (Fsp3) is 0.136. The van der Waals surface area contributed by atoms with Crippen LogP contribution in [0.5, 0.6) is 28.7 Å². The quantitative estimate of drug-likeness (QED) is 0.194. The number of hydrogen-bond acceptors (Lipinski definition) is 11. The molecule has 0 amide bonds. The Balaban J connectivity index is 0.000000254. The second-order valence-corrected chi connectivity index (χ2v) is 6.37. The van der Waals surface area contributed by atoms with Crippen LogP contribution in [0, 0.1) is 0 Å². The van der Waals surface area contributed by atoms with Gasteiger partial charge < -0.3 is 28.8 Å². The maximum absolute atomic E-state index is 11.0. The van der Waals surface area contributed by atoms with Crippen molar-refractivity contribution in [3.05, 3.63) is 52.4 Å². The molecule has 1 aromatic heterocycles. The predicted octanol–water partition coefficient (Wildman–Crippen LogP) is 2.48. The van der Waals surface area contributed by atoms with Crippen molar-refractivity contribution >= 4 is 35.2 Å². The van der Waals surface area contributed by atoms with E-state index < -0.39 is 23.5 Å². The number of esters is 3. The van der Waals surface area contributed by atoms with Gasteiger partial charge in [0.05, 0.1) is 5.56 Å². The second-order valence-electron chi connectivity index (χ2n) is 6.37. The summed E-state index contributed by atoms with van der Waals surface area (Å²) < 4.78 is 19.3. The molecule has 33 heavy (non-hydrogen) atoms. The molecule has 11 nitrogen and oxygen atoms in total. The van der Waals surface area contributed by atoms with E-state index in [1.54, 1.807) is 0 Å². The molecule has 11 heteroatoms. The fourth-order valence-electron chi connectivity index (χ4n) is 2.45. The number of phenolic OH excluding ortho intramolecular Hbond substituents is 2. The molecular weight excluding hydrogens is 440 g/mol. The zero-order valence-electron chi connectivity index (χ0n) is 17.6. The monoisotopic (exact) mass is 458 g/mol. The normalized spacial score (nSPS) is 9.91. The summed E-state index contributed by atoms with van der Waals surface area (Å²) in [6.45, 7) is 3.45. The van der Waals surface area contributed by atoms with Gasteiger partial charge in [0, 0.05) is 44.4 Å². The topological polar surface area (TPSA) is 167 Å². The second kappa shape index (κ2) is 10.6. The molecule has 1 heterocycles. The first-order valence-corrected chi connectivity index (χ1v) is 9.14. The summed E-state index contributed by atoms with van der Waals surface area (Å²) in [6, 6.07) is 7.56. The van der Waals surface area contributed by atoms with Crippen LogP contribution in [0.2, 0.25) is 0 Å². The van der Waals surface area contributed by atoms with Crippen LogP contribution < -0.4 is 19.8 Å². The van der Waals surface area contributed by atoms with Crippen LogP contribution >= 0.6 is 0 Å². The minimum absolute atomic E-state index is 0.0210. The maximum atomic E-state index is 11.0. The van der Waals surface area contributed by atoms with Crippen molar-refractivity contribution in [2.75, 3.05) is 0 Å². The lowest BCUT2D eigenvalue weighted by Crippen LogP contribution is -2.09. The molecule has 0 fully saturated rings. The molecule has 172 valence electrons. The summed E-state index contributed by atoms with van der Waals surface area (Å²) in [5.74, 6) is -2.85. The van der Waals surface area contributed by atoms with Gasteiger partial charge in [0.25, 0.3) is 0 Å². The van der Waals surface area contributed by atoms with Crippen molar-refractivity contribution in [2.45, 2.75) is 20.8 Å². The minimum Gasteiger partial charge on any atom is -0.504 e. The van der Waals surface area contributed by atoms with E-state index in [1.807, 2.05) is 0 Å². The van der Waals surface area contributed by atoms with Crippen LogP contribution in [0.1, 0.15) is 31.1 Å². The molecule has 0 aliphatic rings. The van der Waals surface area contributed by atoms with E-state index in [1.165, 1.54) is 24.3 Å². The molecule has 2 aromatic carbocycles. The molecule has 0 saturated carbocycles. The Labute approximate surface area is 185 Å². The Morgan fingerprint density at radius 3 is 1.85 bits per heavy atom. The van der Waals surface area contributed by atoms with Gasteiger partial charge in [-0.15, -0.1) is 0 Å². The summed E-state index contributed by atoms with van der Waals surface area (Å²) in [4.78, 5) is 54.6. The SMILES string of the molecule is CC(=O)Oc1cc(OC(C)=O)c(OC(C)=O)cc1C=O.O=c1ccc2cc(O)c(O)cc2o1. The van der Waals surface area contributed by atoms with Crippen molar-refractivity contribution < 1.29 is 48.0 Å². The van der Waals surface area contributed by atoms with Gasteiger partial charge in [-0.1, -0.05) is 0 Å². The van der Waals surface area contributed by atoms with Gasteiger partial charge in [-0.2, -0.15) is 0 Å². The van der Waals surface area contributed by atoms with E-state index >= 15 is 0 Å². The maximum Gasteiger partial charge on any atom is 0.336 e. The number of aromatic hydroxyl groups is 2. The van der Waals surface area contributed by atoms with Gasteiger partial charge in [-0.05, 0) is 18.2 Å². The average Bonchev–Trinajstić information content (AvgIpc) is 2.70. The summed E-state index contributed by atoms with van der Waals surface area (Å²) in [7, 11) is 0. The minimum atomic E-state index is -0.661. The predicted molar refractivity (Wildman–Crippen MR) is 112 cm³/mol. The van der Waals surface area contributed by atoms with Crippen molar-refractivity contribution in [1.29, 1.82) is 0 Å². The Morgan fingerprint density at radius 2 is 1.30 bits per heavy atom. The van der Waals surface area contributed by atoms with Gasteiger partial charge in [0.2, 0.25) is 0 Å². The molecule has 0 radical (unpaired) electrons. The zero-order chi connectivity index (χ0) is 24.7. The molecule has 0 spiro atoms. The first-order chi connectivity index (χ1) is 15.5. The third-order valence-electron chi connectivity index (χ3n) is 3.68. The summed E-state index contributed by atoms with van der Waals surface area (Å²) >= 11 is 0. The van der Waals surface area contributed by atoms with Gasteiger partial charge in [-0.3, -0.25) is 19.2 Å². The van der Waals surface area contributed by atoms with Crippen LogP contribution in [0.3, 0.4) is 0 Å². The molecule has 3 rings (SSSR count). The standard InChI is InChI=1S/C13H12O7.C9H6O4/c1-7(15)18-11-5-13(20-9(3)17)12(19-8(2)16)4-10(11)6-14;10-6-3-5-1-2-9(12)13-8(5)4-7(6)11/h4-6H,1-3H3;1-4,10-11H. The molecule has 0 saturated heterocycles. The number of hydrogen-bond donors (Lipinski definition) is 2. The van der Waals surface area contributed by atoms with Crippen molar-refractivity contribution in [1.82, 2.24) is 0 Å². The van der Waals surface area contributed by atoms with Gasteiger partial charge >= 0.3 is 23.5 Å². The number of aldehydes is 1. The number of rotatable bonds is 4. The third kappa shape index (κ3) is 6.92. The Bertz CT molecular complexity index is 1290. The number of fused-ring (bicyclic) bond motifs is 1. The lowest BCUT2D eigenvalue weighted by Gasteiger charge is -2.12. The molecule has 0 aliphatic carbocycles. The highest BCUT2D eigenvalue weighted by atomic mass is 16.6. The molecule has 0 atom stereocenters. The zero-order valence-corrected chi connectivity index (χ0v) is 17.6. The van der Waals surface area contributed by atoms with E-state index in [2.05, 4.69) is 0 Å². The fourth-order valence-corrected chi connectivity index (χ4v) is 2.45. The average molecular weight is 458 g/mol. The largest absolute Gasteiger partial charge is 0.504 e. The molecular formula is C22H18O11. The number of carbonyl (C=O) groups excluding carboxylic acids is 4. The highest BCUT2D eigenvalue weighted by Crippen LogP contribution is 2.35. The molecule has 2 N–H and O–H groups in total. The first-order valence-electron chi connectivity index (χ1n) is 9.14. The number of carbonyl (C=O) groups is 4. The smallest absolute Gasteiger partial charge is 0.336 e. The van der Waals surface area contributed by atoms with Crippen LogP contribution in [-0.2, 0) is 14.4 Å². The highest BCUT2D eigenvalue weighted by molar-refractivity contribution is 5.85. The Hall–Kier alpha value is -4.67. The number of benzene rings is 2. The van der Waals surface area contributed by atoms with E-state index in [-0.39, 0.29) is 39.9 Å². The van der Waals surface area contributed by atoms with Gasteiger partial charge in [0.1, 0.15) is 11.3 Å². The van der Waals surface area contributed by atoms with Crippen LogP contribution in [0.25, 0.3) is 11.0 Å². The van der Waals surface area contributed by atoms with E-state index in [4.69, 9.17) is 28.8 Å². The highest BCUT2D eigenvalue weighted by Gasteiger charge is 2.17. The molecule has 0 unspecified atom stereocenters. The number of ether oxygens (including phenoxy) is 3. The first kappa shape index (κ1) is 24.6. The van der Waals surface area contributed by atoms with Gasteiger partial charge in [-0.25, -0.2) is 4.79 Å². The van der Waals surface area contributed by atoms with Crippen molar-refractivity contribution in [3.63, 3.8) is 0 Å². The van der Waals surface area contributed by atoms with Crippen molar-refractivity contribution in [3.8, 4) is 28.7 Å². The lowest BCUT2D eigenvalue weighted by molar-refractivity contribution is -0.134. The number of phenols is 2. The third-order valence-corrected chi connectivity index (χ3v) is 3.68.